The van der Waals surface area contributed by atoms with Crippen molar-refractivity contribution in [3.8, 4) is 0 Å². The van der Waals surface area contributed by atoms with E-state index in [0.29, 0.717) is 0 Å². The fraction of sp³-hybridized carbons (Fsp3) is 0.660. The van der Waals surface area contributed by atoms with Gasteiger partial charge in [0.2, 0.25) is 6.10 Å². The molecule has 1 heterocycles. The largest absolute Gasteiger partial charge is 0.623 e. The van der Waals surface area contributed by atoms with E-state index in [9.17, 15) is 110 Å². The molecule has 0 spiro atoms. The molecule has 0 bridgehead atoms. The molecule has 1 saturated heterocycles. The number of esters is 8. The summed E-state index contributed by atoms with van der Waals surface area (Å²) in [5.41, 5.74) is -1.51. The van der Waals surface area contributed by atoms with Crippen molar-refractivity contribution in [2.24, 2.45) is 0 Å². The number of ketones is 1. The molecular formula is C50H59F13N2O21. The predicted octanol–water partition coefficient (Wildman–Crippen LogP) is 5.71. The molecule has 1 aromatic rings. The molecule has 1 fully saturated rings. The number of hydroxylamine groups is 1. The van der Waals surface area contributed by atoms with Crippen molar-refractivity contribution in [2.45, 2.75) is 198 Å². The molecule has 0 saturated carbocycles. The van der Waals surface area contributed by atoms with Gasteiger partial charge in [-0.1, -0.05) is 12.1 Å². The molecule has 1 aliphatic rings. The summed E-state index contributed by atoms with van der Waals surface area (Å²) in [5, 5.41) is 15.6. The Labute approximate surface area is 479 Å². The van der Waals surface area contributed by atoms with Crippen LogP contribution in [0.3, 0.4) is 0 Å². The maximum absolute atomic E-state index is 14.3. The number of hydrogen-bond acceptors (Lipinski definition) is 21. The molecule has 1 N–H and O–H groups in total. The Balaban J connectivity index is 2.55. The van der Waals surface area contributed by atoms with Gasteiger partial charge in [-0.15, -0.1) is 0 Å². The van der Waals surface area contributed by atoms with Crippen LogP contribution in [0.5, 0.6) is 0 Å². The summed E-state index contributed by atoms with van der Waals surface area (Å²) in [6, 6.07) is 5.02. The number of carbonyl (C=O) groups excluding carboxylic acids is 10. The zero-order valence-corrected chi connectivity index (χ0v) is 47.0. The summed E-state index contributed by atoms with van der Waals surface area (Å²) >= 11 is 0. The molecule has 1 amide bonds. The van der Waals surface area contributed by atoms with E-state index in [1.807, 2.05) is 0 Å². The van der Waals surface area contributed by atoms with Gasteiger partial charge in [0.25, 0.3) is 5.91 Å². The summed E-state index contributed by atoms with van der Waals surface area (Å²) in [6.07, 6.45) is -31.7. The number of rotatable bonds is 30. The van der Waals surface area contributed by atoms with E-state index in [-0.39, 0.29) is 15.9 Å². The molecule has 36 heteroatoms. The lowest BCUT2D eigenvalue weighted by molar-refractivity contribution is -0.537. The van der Waals surface area contributed by atoms with Gasteiger partial charge in [-0.3, -0.25) is 47.9 Å². The molecule has 1 aliphatic heterocycles. The minimum atomic E-state index is -8.12. The molecule has 23 nitrogen and oxygen atoms in total. The van der Waals surface area contributed by atoms with Crippen molar-refractivity contribution >= 4 is 65.7 Å². The van der Waals surface area contributed by atoms with Crippen LogP contribution in [0.2, 0.25) is 0 Å². The Kier molecular flexibility index (Phi) is 25.9. The molecule has 0 radical (unpaired) electrons. The van der Waals surface area contributed by atoms with Gasteiger partial charge in [-0.05, 0) is 17.7 Å². The third-order valence-electron chi connectivity index (χ3n) is 11.9. The van der Waals surface area contributed by atoms with Gasteiger partial charge in [-0.2, -0.15) is 57.1 Å². The molecule has 9 atom stereocenters. The average Bonchev–Trinajstić information content (AvgIpc) is 0.733. The number of amides is 1. The van der Waals surface area contributed by atoms with Gasteiger partial charge in [0.1, 0.15) is 31.2 Å². The summed E-state index contributed by atoms with van der Waals surface area (Å²) in [4.78, 5) is 127. The van der Waals surface area contributed by atoms with Gasteiger partial charge in [0.15, 0.2) is 48.6 Å². The van der Waals surface area contributed by atoms with Crippen LogP contribution in [0.1, 0.15) is 106 Å². The lowest BCUT2D eigenvalue weighted by atomic mass is 9.90. The smallest absolute Gasteiger partial charge is 0.460 e. The van der Waals surface area contributed by atoms with E-state index >= 15 is 0 Å². The first kappa shape index (κ1) is 74.7. The normalized spacial score (nSPS) is 19.5. The minimum Gasteiger partial charge on any atom is -0.623 e. The Bertz CT molecular complexity index is 2650. The van der Waals surface area contributed by atoms with Gasteiger partial charge in [-0.25, -0.2) is 4.74 Å². The van der Waals surface area contributed by atoms with Crippen molar-refractivity contribution in [3.63, 3.8) is 0 Å². The molecule has 1 aromatic carbocycles. The number of carbonyl (C=O) groups is 10. The number of hydrogen-bond donors (Lipinski definition) is 1. The summed E-state index contributed by atoms with van der Waals surface area (Å²) < 4.78 is 231. The second-order valence-corrected chi connectivity index (χ2v) is 19.5. The highest BCUT2D eigenvalue weighted by Crippen LogP contribution is 2.61. The summed E-state index contributed by atoms with van der Waals surface area (Å²) in [5.74, 6) is -49.9. The highest BCUT2D eigenvalue weighted by atomic mass is 19.4. The van der Waals surface area contributed by atoms with E-state index in [1.54, 1.807) is 0 Å². The van der Waals surface area contributed by atoms with Crippen LogP contribution in [0.25, 0.3) is 0 Å². The lowest BCUT2D eigenvalue weighted by Crippen LogP contribution is -2.70. The number of alkyl halides is 13. The molecule has 0 aliphatic carbocycles. The first-order chi connectivity index (χ1) is 39.1. The standard InChI is InChI=1S/C50H59F13N2O21/c1-23(66)77-21-34(79-25(3)68)37(86-43-41(84-30(8)73)39(82-28(6)71)36(80-26(4)69)35(85-43)22-78-24(2)67)38(81-27(5)70)40(83-29(7)72)42(75)64-19-31-11-13-32(14-12-31)20-65(76)44(9,10)17-15-33(74)16-18-45(51,52)46(53,54)47(55,56)48(57,58)49(59,60)50(61,62)63/h11-14,20,34-41,43H,15-19,21-22H2,1-10H3,(H,64,75)/b65-20-/t34?,35?,36-,37+,38+,39-,40?,41?,43-/m0/s1. The zero-order chi connectivity index (χ0) is 66.5. The van der Waals surface area contributed by atoms with Gasteiger partial charge >= 0.3 is 83.5 Å². The predicted molar refractivity (Wildman–Crippen MR) is 256 cm³/mol. The number of nitrogens with one attached hydrogen (secondary N) is 1. The van der Waals surface area contributed by atoms with Gasteiger partial charge in [0.05, 0.1) is 0 Å². The van der Waals surface area contributed by atoms with E-state index in [2.05, 4.69) is 5.32 Å². The first-order valence-electron chi connectivity index (χ1n) is 24.9. The van der Waals surface area contributed by atoms with E-state index in [0.717, 1.165) is 75.5 Å². The topological polar surface area (TPSA) is 301 Å². The number of halogens is 13. The zero-order valence-electron chi connectivity index (χ0n) is 47.0. The SMILES string of the molecule is CC(=O)OCC(OC(C)=O)[C@@H](O[C@@H]1OC(COC(C)=O)[C@H](OC(C)=O)[C@H](OC(C)=O)C1OC(C)=O)[C@@H](OC(C)=O)C(OC(C)=O)C(=O)NCc1ccc(/C=[N+](\[O-])C(C)(C)CCC(=O)CCC(F)(F)C(F)(F)C(F)(F)C(F)(F)C(F)(F)C(F)(F)F)cc1. The maximum atomic E-state index is 14.3. The monoisotopic (exact) mass is 1270 g/mol. The van der Waals surface area contributed by atoms with Crippen molar-refractivity contribution in [1.82, 2.24) is 5.32 Å². The summed E-state index contributed by atoms with van der Waals surface area (Å²) in [7, 11) is 0. The quantitative estimate of drug-likeness (QED) is 0.0183. The molecule has 486 valence electrons. The van der Waals surface area contributed by atoms with Crippen molar-refractivity contribution in [2.75, 3.05) is 13.2 Å². The van der Waals surface area contributed by atoms with Crippen LogP contribution >= 0.6 is 0 Å². The fourth-order valence-electron chi connectivity index (χ4n) is 7.64. The molecule has 4 unspecified atom stereocenters. The van der Waals surface area contributed by atoms with Crippen LogP contribution in [0.4, 0.5) is 57.1 Å². The Morgan fingerprint density at radius 3 is 1.53 bits per heavy atom. The van der Waals surface area contributed by atoms with Gasteiger partial charge in [0, 0.05) is 107 Å². The molecular weight excluding hydrogens is 1210 g/mol. The van der Waals surface area contributed by atoms with Gasteiger partial charge < -0.3 is 57.9 Å². The van der Waals surface area contributed by atoms with Crippen molar-refractivity contribution < 1.29 is 157 Å². The number of Topliss-reactive ketones (excluding diaryl/α,β-unsaturated/α-hetero) is 1. The Morgan fingerprint density at radius 1 is 0.581 bits per heavy atom. The highest BCUT2D eigenvalue weighted by Gasteiger charge is 2.90. The van der Waals surface area contributed by atoms with E-state index < -0.39 is 201 Å². The minimum absolute atomic E-state index is 0.0457. The molecule has 0 aromatic heterocycles. The third-order valence-corrected chi connectivity index (χ3v) is 11.9. The van der Waals surface area contributed by atoms with E-state index in [4.69, 9.17) is 47.4 Å². The summed E-state index contributed by atoms with van der Waals surface area (Å²) in [6.45, 7) is 6.86. The second-order valence-electron chi connectivity index (χ2n) is 19.5. The van der Waals surface area contributed by atoms with E-state index in [1.165, 1.54) is 24.3 Å². The van der Waals surface area contributed by atoms with Crippen LogP contribution in [0.15, 0.2) is 24.3 Å². The maximum Gasteiger partial charge on any atom is 0.460 e. The van der Waals surface area contributed by atoms with Crippen LogP contribution in [0, 0.1) is 5.21 Å². The third kappa shape index (κ3) is 19.8. The number of benzene rings is 1. The second kappa shape index (κ2) is 29.8. The fourth-order valence-corrected chi connectivity index (χ4v) is 7.64. The van der Waals surface area contributed by atoms with Crippen LogP contribution < -0.4 is 5.32 Å². The van der Waals surface area contributed by atoms with Crippen molar-refractivity contribution in [3.05, 3.63) is 40.6 Å². The Hall–Kier alpha value is -7.40. The number of nitrogens with zero attached hydrogens (tertiary/aromatic N) is 1. The first-order valence-corrected chi connectivity index (χ1v) is 24.9. The Morgan fingerprint density at radius 2 is 1.06 bits per heavy atom. The number of ether oxygens (including phenoxy) is 10. The highest BCUT2D eigenvalue weighted by molar-refractivity contribution is 5.85. The average molecular weight is 1270 g/mol. The van der Waals surface area contributed by atoms with Crippen molar-refractivity contribution in [1.29, 1.82) is 0 Å². The lowest BCUT2D eigenvalue weighted by Gasteiger charge is -2.46. The molecule has 86 heavy (non-hydrogen) atoms. The molecule has 2 rings (SSSR count). The van der Waals surface area contributed by atoms with Crippen LogP contribution in [-0.2, 0) is 102 Å². The van der Waals surface area contributed by atoms with Crippen LogP contribution in [-0.4, -0.2) is 180 Å².